The van der Waals surface area contributed by atoms with Crippen molar-refractivity contribution in [2.45, 2.75) is 25.7 Å². The first-order chi connectivity index (χ1) is 12.8. The van der Waals surface area contributed by atoms with Gasteiger partial charge in [0.15, 0.2) is 0 Å². The van der Waals surface area contributed by atoms with Crippen molar-refractivity contribution in [2.75, 3.05) is 26.3 Å². The van der Waals surface area contributed by atoms with Crippen molar-refractivity contribution >= 4 is 11.4 Å². The fourth-order valence-electron chi connectivity index (χ4n) is 2.21. The fraction of sp³-hybridized carbons (Fsp3) is 0.400. The zero-order valence-corrected chi connectivity index (χ0v) is 15.1. The molecule has 6 nitrogen and oxygen atoms in total. The summed E-state index contributed by atoms with van der Waals surface area (Å²) in [5, 5.41) is 8.48. The maximum atomic E-state index is 5.64. The molecular weight excluding hydrogens is 328 g/mol. The van der Waals surface area contributed by atoms with Crippen molar-refractivity contribution < 1.29 is 9.47 Å². The van der Waals surface area contributed by atoms with Gasteiger partial charge in [0.25, 0.3) is 0 Å². The zero-order chi connectivity index (χ0) is 18.5. The van der Waals surface area contributed by atoms with Crippen LogP contribution in [0.25, 0.3) is 0 Å². The Labute approximate surface area is 155 Å². The van der Waals surface area contributed by atoms with Crippen LogP contribution >= 0.6 is 0 Å². The van der Waals surface area contributed by atoms with Gasteiger partial charge in [-0.25, -0.2) is 0 Å². The van der Waals surface area contributed by atoms with Gasteiger partial charge >= 0.3 is 0 Å². The maximum absolute atomic E-state index is 5.64. The first kappa shape index (κ1) is 19.9. The van der Waals surface area contributed by atoms with Crippen LogP contribution in [0.5, 0.6) is 11.5 Å². The number of nitrogens with zero attached hydrogens (tertiary/aromatic N) is 2. The molecule has 0 fully saturated rings. The monoisotopic (exact) mass is 356 g/mol. The van der Waals surface area contributed by atoms with Crippen LogP contribution in [0.2, 0.25) is 0 Å². The molecular formula is C20H28N4O2. The molecule has 4 N–H and O–H groups in total. The lowest BCUT2D eigenvalue weighted by atomic mass is 10.3. The Morgan fingerprint density at radius 3 is 1.31 bits per heavy atom. The molecule has 2 rings (SSSR count). The second kappa shape index (κ2) is 12.0. The minimum absolute atomic E-state index is 0.679. The van der Waals surface area contributed by atoms with E-state index in [4.69, 9.17) is 20.9 Å². The summed E-state index contributed by atoms with van der Waals surface area (Å²) in [5.41, 5.74) is 12.5. The molecule has 0 saturated carbocycles. The standard InChI is InChI=1S/C20H28N4O2/c21-13-1-3-15-25-19-9-5-17(6-10-19)23-24-18-7-11-20(12-8-18)26-16-4-2-14-22/h5-12H,1-4,13-16,21-22H2. The van der Waals surface area contributed by atoms with E-state index < -0.39 is 0 Å². The summed E-state index contributed by atoms with van der Waals surface area (Å²) in [6, 6.07) is 15.1. The average Bonchev–Trinajstić information content (AvgIpc) is 2.69. The largest absolute Gasteiger partial charge is 0.494 e. The van der Waals surface area contributed by atoms with E-state index in [-0.39, 0.29) is 0 Å². The van der Waals surface area contributed by atoms with Crippen LogP contribution in [0.4, 0.5) is 11.4 Å². The molecule has 0 saturated heterocycles. The Morgan fingerprint density at radius 2 is 0.962 bits per heavy atom. The molecule has 0 spiro atoms. The smallest absolute Gasteiger partial charge is 0.119 e. The average molecular weight is 356 g/mol. The van der Waals surface area contributed by atoms with E-state index in [0.717, 1.165) is 48.6 Å². The van der Waals surface area contributed by atoms with E-state index in [9.17, 15) is 0 Å². The minimum atomic E-state index is 0.679. The lowest BCUT2D eigenvalue weighted by Gasteiger charge is -2.05. The number of azo groups is 1. The first-order valence-corrected chi connectivity index (χ1v) is 9.09. The highest BCUT2D eigenvalue weighted by Crippen LogP contribution is 2.23. The molecule has 0 atom stereocenters. The van der Waals surface area contributed by atoms with Crippen LogP contribution in [0.1, 0.15) is 25.7 Å². The third kappa shape index (κ3) is 7.63. The molecule has 0 aromatic heterocycles. The van der Waals surface area contributed by atoms with Gasteiger partial charge < -0.3 is 20.9 Å². The highest BCUT2D eigenvalue weighted by atomic mass is 16.5. The third-order valence-electron chi connectivity index (χ3n) is 3.69. The van der Waals surface area contributed by atoms with Gasteiger partial charge in [-0.3, -0.25) is 0 Å². The fourth-order valence-corrected chi connectivity index (χ4v) is 2.21. The predicted octanol–water partition coefficient (Wildman–Crippen LogP) is 4.34. The van der Waals surface area contributed by atoms with E-state index in [0.29, 0.717) is 26.3 Å². The molecule has 26 heavy (non-hydrogen) atoms. The van der Waals surface area contributed by atoms with E-state index in [1.807, 2.05) is 48.5 Å². The summed E-state index contributed by atoms with van der Waals surface area (Å²) in [7, 11) is 0. The van der Waals surface area contributed by atoms with E-state index in [2.05, 4.69) is 10.2 Å². The van der Waals surface area contributed by atoms with Crippen molar-refractivity contribution in [1.82, 2.24) is 0 Å². The normalized spacial score (nSPS) is 11.0. The topological polar surface area (TPSA) is 95.2 Å². The molecule has 2 aromatic carbocycles. The number of unbranched alkanes of at least 4 members (excludes halogenated alkanes) is 2. The van der Waals surface area contributed by atoms with Gasteiger partial charge in [0.2, 0.25) is 0 Å². The van der Waals surface area contributed by atoms with Gasteiger partial charge in [-0.05, 0) is 87.3 Å². The molecule has 0 unspecified atom stereocenters. The predicted molar refractivity (Wildman–Crippen MR) is 105 cm³/mol. The number of hydrogen-bond acceptors (Lipinski definition) is 6. The Bertz CT molecular complexity index is 584. The maximum Gasteiger partial charge on any atom is 0.119 e. The summed E-state index contributed by atoms with van der Waals surface area (Å²) in [6.45, 7) is 2.76. The van der Waals surface area contributed by atoms with Crippen LogP contribution in [-0.2, 0) is 0 Å². The van der Waals surface area contributed by atoms with Gasteiger partial charge in [-0.15, -0.1) is 0 Å². The van der Waals surface area contributed by atoms with Gasteiger partial charge in [-0.1, -0.05) is 0 Å². The summed E-state index contributed by atoms with van der Waals surface area (Å²) < 4.78 is 11.3. The summed E-state index contributed by atoms with van der Waals surface area (Å²) in [6.07, 6.45) is 3.88. The van der Waals surface area contributed by atoms with Crippen LogP contribution < -0.4 is 20.9 Å². The van der Waals surface area contributed by atoms with E-state index >= 15 is 0 Å². The van der Waals surface area contributed by atoms with Crippen LogP contribution in [0, 0.1) is 0 Å². The molecule has 0 aliphatic heterocycles. The van der Waals surface area contributed by atoms with E-state index in [1.165, 1.54) is 0 Å². The molecule has 2 aromatic rings. The number of hydrogen-bond donors (Lipinski definition) is 2. The van der Waals surface area contributed by atoms with Gasteiger partial charge in [-0.2, -0.15) is 10.2 Å². The molecule has 140 valence electrons. The molecule has 0 aliphatic carbocycles. The molecule has 6 heteroatoms. The van der Waals surface area contributed by atoms with Gasteiger partial charge in [0.1, 0.15) is 11.5 Å². The molecule has 0 bridgehead atoms. The Balaban J connectivity index is 1.79. The molecule has 0 aliphatic rings. The molecule has 0 heterocycles. The highest BCUT2D eigenvalue weighted by molar-refractivity contribution is 5.44. The highest BCUT2D eigenvalue weighted by Gasteiger charge is 1.97. The van der Waals surface area contributed by atoms with Crippen molar-refractivity contribution in [3.8, 4) is 11.5 Å². The lowest BCUT2D eigenvalue weighted by molar-refractivity contribution is 0.307. The van der Waals surface area contributed by atoms with Crippen LogP contribution in [-0.4, -0.2) is 26.3 Å². The quantitative estimate of drug-likeness (QED) is 0.437. The number of benzene rings is 2. The van der Waals surface area contributed by atoms with Gasteiger partial charge in [0.05, 0.1) is 24.6 Å². The second-order valence-corrected chi connectivity index (χ2v) is 5.88. The van der Waals surface area contributed by atoms with Crippen molar-refractivity contribution in [2.24, 2.45) is 21.7 Å². The Morgan fingerprint density at radius 1 is 0.577 bits per heavy atom. The molecule has 0 amide bonds. The SMILES string of the molecule is NCCCCOc1ccc(N=Nc2ccc(OCCCCN)cc2)cc1. The second-order valence-electron chi connectivity index (χ2n) is 5.88. The van der Waals surface area contributed by atoms with Crippen molar-refractivity contribution in [1.29, 1.82) is 0 Å². The number of ether oxygens (including phenoxy) is 2. The Hall–Kier alpha value is -2.44. The number of rotatable bonds is 12. The zero-order valence-electron chi connectivity index (χ0n) is 15.1. The summed E-state index contributed by atoms with van der Waals surface area (Å²) >= 11 is 0. The molecule has 0 radical (unpaired) electrons. The summed E-state index contributed by atoms with van der Waals surface area (Å²) in [4.78, 5) is 0. The van der Waals surface area contributed by atoms with Crippen molar-refractivity contribution in [3.63, 3.8) is 0 Å². The first-order valence-electron chi connectivity index (χ1n) is 9.09. The number of nitrogens with two attached hydrogens (primary N) is 2. The van der Waals surface area contributed by atoms with Crippen LogP contribution in [0.3, 0.4) is 0 Å². The van der Waals surface area contributed by atoms with Crippen molar-refractivity contribution in [3.05, 3.63) is 48.5 Å². The Kier molecular flexibility index (Phi) is 9.18. The van der Waals surface area contributed by atoms with Gasteiger partial charge in [0, 0.05) is 0 Å². The minimum Gasteiger partial charge on any atom is -0.494 e. The lowest BCUT2D eigenvalue weighted by Crippen LogP contribution is -2.03. The summed E-state index contributed by atoms with van der Waals surface area (Å²) in [5.74, 6) is 1.66. The van der Waals surface area contributed by atoms with E-state index in [1.54, 1.807) is 0 Å². The van der Waals surface area contributed by atoms with Crippen LogP contribution in [0.15, 0.2) is 58.8 Å². The third-order valence-corrected chi connectivity index (χ3v) is 3.69.